The molecule has 0 unspecified atom stereocenters. The van der Waals surface area contributed by atoms with Gasteiger partial charge in [0.05, 0.1) is 5.69 Å². The lowest BCUT2D eigenvalue weighted by molar-refractivity contribution is -0.121. The number of nitrogens with one attached hydrogen (secondary N) is 1. The van der Waals surface area contributed by atoms with E-state index in [9.17, 15) is 4.79 Å². The Morgan fingerprint density at radius 2 is 2.50 bits per heavy atom. The van der Waals surface area contributed by atoms with Gasteiger partial charge in [-0.3, -0.25) is 9.48 Å². The van der Waals surface area contributed by atoms with Crippen molar-refractivity contribution in [2.45, 2.75) is 19.9 Å². The van der Waals surface area contributed by atoms with Crippen molar-refractivity contribution in [1.29, 1.82) is 0 Å². The maximum atomic E-state index is 11.2. The lowest BCUT2D eigenvalue weighted by atomic mass is 10.4. The third-order valence-corrected chi connectivity index (χ3v) is 2.00. The van der Waals surface area contributed by atoms with Gasteiger partial charge in [0.15, 0.2) is 0 Å². The van der Waals surface area contributed by atoms with Crippen LogP contribution in [0.25, 0.3) is 0 Å². The highest BCUT2D eigenvalue weighted by atomic mass is 32.1. The predicted molar refractivity (Wildman–Crippen MR) is 58.4 cm³/mol. The lowest BCUT2D eigenvalue weighted by Crippen LogP contribution is -2.26. The minimum Gasteiger partial charge on any atom is -0.355 e. The summed E-state index contributed by atoms with van der Waals surface area (Å²) < 4.78 is 1.77. The largest absolute Gasteiger partial charge is 0.355 e. The fraction of sp³-hybridized carbons (Fsp3) is 0.556. The van der Waals surface area contributed by atoms with Crippen LogP contribution in [-0.2, 0) is 11.3 Å². The Bertz CT molecular complexity index is 298. The van der Waals surface area contributed by atoms with E-state index in [1.165, 1.54) is 0 Å². The quantitative estimate of drug-likeness (QED) is 0.705. The maximum absolute atomic E-state index is 11.2. The van der Waals surface area contributed by atoms with Gasteiger partial charge in [-0.2, -0.15) is 17.7 Å². The summed E-state index contributed by atoms with van der Waals surface area (Å²) >= 11 is 4.00. The van der Waals surface area contributed by atoms with Gasteiger partial charge in [-0.15, -0.1) is 0 Å². The fourth-order valence-electron chi connectivity index (χ4n) is 1.09. The van der Waals surface area contributed by atoms with Gasteiger partial charge < -0.3 is 5.32 Å². The Kier molecular flexibility index (Phi) is 4.52. The Morgan fingerprint density at radius 3 is 3.07 bits per heavy atom. The van der Waals surface area contributed by atoms with Crippen LogP contribution >= 0.6 is 12.6 Å². The molecule has 0 saturated heterocycles. The third kappa shape index (κ3) is 3.83. The number of aromatic nitrogens is 2. The first-order valence-corrected chi connectivity index (χ1v) is 5.23. The summed E-state index contributed by atoms with van der Waals surface area (Å²) in [4.78, 5) is 11.2. The molecule has 0 saturated carbocycles. The summed E-state index contributed by atoms with van der Waals surface area (Å²) in [5.74, 6) is 0.722. The van der Waals surface area contributed by atoms with Crippen molar-refractivity contribution in [3.8, 4) is 0 Å². The van der Waals surface area contributed by atoms with E-state index < -0.39 is 0 Å². The summed E-state index contributed by atoms with van der Waals surface area (Å²) in [6.07, 6.45) is 2.34. The van der Waals surface area contributed by atoms with Crippen LogP contribution in [0.5, 0.6) is 0 Å². The van der Waals surface area contributed by atoms with Crippen molar-refractivity contribution >= 4 is 18.5 Å². The zero-order valence-electron chi connectivity index (χ0n) is 8.23. The highest BCUT2D eigenvalue weighted by molar-refractivity contribution is 7.80. The van der Waals surface area contributed by atoms with Gasteiger partial charge in [-0.1, -0.05) is 0 Å². The van der Waals surface area contributed by atoms with Crippen LogP contribution in [0.4, 0.5) is 0 Å². The summed E-state index contributed by atoms with van der Waals surface area (Å²) in [6.45, 7) is 3.18. The molecule has 1 N–H and O–H groups in total. The van der Waals surface area contributed by atoms with E-state index in [2.05, 4.69) is 23.0 Å². The molecule has 1 aromatic rings. The number of nitrogens with zero attached hydrogens (tertiary/aromatic N) is 2. The van der Waals surface area contributed by atoms with E-state index in [0.29, 0.717) is 25.3 Å². The van der Waals surface area contributed by atoms with Crippen molar-refractivity contribution in [3.63, 3.8) is 0 Å². The Morgan fingerprint density at radius 1 is 1.71 bits per heavy atom. The molecule has 0 aromatic carbocycles. The topological polar surface area (TPSA) is 46.9 Å². The van der Waals surface area contributed by atoms with E-state index in [4.69, 9.17) is 0 Å². The number of amides is 1. The number of carbonyl (C=O) groups is 1. The summed E-state index contributed by atoms with van der Waals surface area (Å²) in [5.41, 5.74) is 0.973. The van der Waals surface area contributed by atoms with Crippen LogP contribution in [0.15, 0.2) is 12.3 Å². The molecule has 0 radical (unpaired) electrons. The first-order valence-electron chi connectivity index (χ1n) is 4.60. The summed E-state index contributed by atoms with van der Waals surface area (Å²) in [6, 6.07) is 1.92. The fourth-order valence-corrected chi connectivity index (χ4v) is 1.20. The molecular formula is C9H15N3OS. The molecule has 1 heterocycles. The van der Waals surface area contributed by atoms with Gasteiger partial charge in [0.2, 0.25) is 5.91 Å². The minimum absolute atomic E-state index is 0.0483. The van der Waals surface area contributed by atoms with Crippen LogP contribution in [0, 0.1) is 6.92 Å². The highest BCUT2D eigenvalue weighted by Gasteiger charge is 2.00. The molecule has 0 bridgehead atoms. The molecule has 1 amide bonds. The Labute approximate surface area is 89.1 Å². The third-order valence-electron chi connectivity index (χ3n) is 1.78. The van der Waals surface area contributed by atoms with Gasteiger partial charge in [0, 0.05) is 31.5 Å². The lowest BCUT2D eigenvalue weighted by Gasteiger charge is -2.03. The first kappa shape index (κ1) is 11.1. The van der Waals surface area contributed by atoms with Crippen molar-refractivity contribution in [2.75, 3.05) is 12.3 Å². The molecule has 0 aliphatic rings. The zero-order valence-corrected chi connectivity index (χ0v) is 9.13. The number of hydrogen-bond acceptors (Lipinski definition) is 3. The molecular weight excluding hydrogens is 198 g/mol. The monoisotopic (exact) mass is 213 g/mol. The van der Waals surface area contributed by atoms with E-state index in [-0.39, 0.29) is 5.91 Å². The van der Waals surface area contributed by atoms with E-state index in [1.807, 2.05) is 19.2 Å². The van der Waals surface area contributed by atoms with Crippen molar-refractivity contribution in [2.24, 2.45) is 0 Å². The highest BCUT2D eigenvalue weighted by Crippen LogP contribution is 1.94. The van der Waals surface area contributed by atoms with Crippen LogP contribution in [0.2, 0.25) is 0 Å². The van der Waals surface area contributed by atoms with Gasteiger partial charge in [-0.05, 0) is 13.0 Å². The number of hydrogen-bond donors (Lipinski definition) is 2. The predicted octanol–water partition coefficient (Wildman–Crippen LogP) is 0.628. The minimum atomic E-state index is 0.0483. The smallest absolute Gasteiger partial charge is 0.221 e. The maximum Gasteiger partial charge on any atom is 0.221 e. The average Bonchev–Trinajstić information content (AvgIpc) is 2.58. The SMILES string of the molecule is Cc1ccn(CCC(=O)NCCS)n1. The zero-order chi connectivity index (χ0) is 10.4. The first-order chi connectivity index (χ1) is 6.72. The molecule has 78 valence electrons. The van der Waals surface area contributed by atoms with Crippen molar-refractivity contribution in [3.05, 3.63) is 18.0 Å². The van der Waals surface area contributed by atoms with Gasteiger partial charge in [-0.25, -0.2) is 0 Å². The second-order valence-electron chi connectivity index (χ2n) is 3.04. The van der Waals surface area contributed by atoms with Gasteiger partial charge in [0.1, 0.15) is 0 Å². The molecule has 0 spiro atoms. The standard InChI is InChI=1S/C9H15N3OS/c1-8-2-5-12(11-8)6-3-9(13)10-4-7-14/h2,5,14H,3-4,6-7H2,1H3,(H,10,13). The van der Waals surface area contributed by atoms with E-state index in [0.717, 1.165) is 5.69 Å². The Balaban J connectivity index is 2.23. The number of carbonyl (C=O) groups excluding carboxylic acids is 1. The molecule has 1 aromatic heterocycles. The van der Waals surface area contributed by atoms with E-state index in [1.54, 1.807) is 4.68 Å². The van der Waals surface area contributed by atoms with Gasteiger partial charge in [0.25, 0.3) is 0 Å². The molecule has 4 nitrogen and oxygen atoms in total. The molecule has 5 heteroatoms. The molecule has 1 rings (SSSR count). The second-order valence-corrected chi connectivity index (χ2v) is 3.49. The number of rotatable bonds is 5. The molecule has 0 atom stereocenters. The Hall–Kier alpha value is -0.970. The van der Waals surface area contributed by atoms with Crippen LogP contribution in [-0.4, -0.2) is 28.0 Å². The summed E-state index contributed by atoms with van der Waals surface area (Å²) in [5, 5.41) is 6.94. The van der Waals surface area contributed by atoms with Gasteiger partial charge >= 0.3 is 0 Å². The van der Waals surface area contributed by atoms with Crippen molar-refractivity contribution in [1.82, 2.24) is 15.1 Å². The van der Waals surface area contributed by atoms with Crippen LogP contribution in [0.1, 0.15) is 12.1 Å². The molecule has 14 heavy (non-hydrogen) atoms. The second kappa shape index (κ2) is 5.70. The normalized spacial score (nSPS) is 10.1. The average molecular weight is 213 g/mol. The van der Waals surface area contributed by atoms with Crippen LogP contribution in [0.3, 0.4) is 0 Å². The van der Waals surface area contributed by atoms with E-state index >= 15 is 0 Å². The van der Waals surface area contributed by atoms with Crippen molar-refractivity contribution < 1.29 is 4.79 Å². The molecule has 0 aliphatic carbocycles. The summed E-state index contributed by atoms with van der Waals surface area (Å²) in [7, 11) is 0. The molecule has 0 fully saturated rings. The molecule has 0 aliphatic heterocycles. The number of aryl methyl sites for hydroxylation is 2. The number of thiol groups is 1. The van der Waals surface area contributed by atoms with Crippen LogP contribution < -0.4 is 5.32 Å².